The van der Waals surface area contributed by atoms with Crippen molar-refractivity contribution in [3.05, 3.63) is 65.7 Å². The maximum atomic E-state index is 12.9. The van der Waals surface area contributed by atoms with Gasteiger partial charge in [-0.15, -0.1) is 0 Å². The van der Waals surface area contributed by atoms with E-state index in [-0.39, 0.29) is 11.9 Å². The Labute approximate surface area is 152 Å². The van der Waals surface area contributed by atoms with Gasteiger partial charge in [0.1, 0.15) is 6.61 Å². The summed E-state index contributed by atoms with van der Waals surface area (Å²) in [4.78, 5) is 19.3. The molecule has 2 aliphatic heterocycles. The van der Waals surface area contributed by atoms with E-state index < -0.39 is 0 Å². The topological polar surface area (TPSA) is 51.1 Å². The van der Waals surface area contributed by atoms with Crippen molar-refractivity contribution in [1.29, 1.82) is 0 Å². The van der Waals surface area contributed by atoms with Crippen LogP contribution in [0.4, 0.5) is 5.69 Å². The quantitative estimate of drug-likeness (QED) is 0.791. The molecule has 0 N–H and O–H groups in total. The third-order valence-corrected chi connectivity index (χ3v) is 4.69. The van der Waals surface area contributed by atoms with Crippen LogP contribution in [-0.4, -0.2) is 36.7 Å². The zero-order chi connectivity index (χ0) is 18.1. The second-order valence-electron chi connectivity index (χ2n) is 6.53. The zero-order valence-electron chi connectivity index (χ0n) is 14.6. The van der Waals surface area contributed by atoms with Gasteiger partial charge in [-0.25, -0.2) is 0 Å². The molecule has 0 aromatic heterocycles. The summed E-state index contributed by atoms with van der Waals surface area (Å²) in [6.45, 7) is 4.99. The monoisotopic (exact) mass is 348 g/mol. The summed E-state index contributed by atoms with van der Waals surface area (Å²) in [6, 6.07) is 13.4. The normalized spacial score (nSPS) is 18.3. The predicted molar refractivity (Wildman–Crippen MR) is 101 cm³/mol. The van der Waals surface area contributed by atoms with Crippen molar-refractivity contribution < 1.29 is 14.3 Å². The van der Waals surface area contributed by atoms with Crippen LogP contribution in [0.25, 0.3) is 0 Å². The Kier molecular flexibility index (Phi) is 4.21. The van der Waals surface area contributed by atoms with Crippen LogP contribution in [0.1, 0.15) is 22.3 Å². The Hall–Kier alpha value is -3.08. The van der Waals surface area contributed by atoms with Gasteiger partial charge >= 0.3 is 0 Å². The van der Waals surface area contributed by atoms with Crippen molar-refractivity contribution in [2.75, 3.05) is 13.7 Å². The largest absolute Gasteiger partial charge is 0.493 e. The number of carbonyl (C=O) groups excluding carboxylic acids is 1. The van der Waals surface area contributed by atoms with Crippen LogP contribution in [0, 0.1) is 0 Å². The summed E-state index contributed by atoms with van der Waals surface area (Å²) in [7, 11) is 1.57. The van der Waals surface area contributed by atoms with Crippen molar-refractivity contribution in [3.8, 4) is 11.5 Å². The van der Waals surface area contributed by atoms with Gasteiger partial charge < -0.3 is 14.4 Å². The molecule has 2 heterocycles. The summed E-state index contributed by atoms with van der Waals surface area (Å²) in [5.41, 5.74) is 3.25. The van der Waals surface area contributed by atoms with Gasteiger partial charge in [0.05, 0.1) is 24.4 Å². The van der Waals surface area contributed by atoms with E-state index in [1.54, 1.807) is 19.2 Å². The summed E-state index contributed by atoms with van der Waals surface area (Å²) in [6.07, 6.45) is 2.59. The third-order valence-electron chi connectivity index (χ3n) is 4.69. The van der Waals surface area contributed by atoms with Gasteiger partial charge in [-0.1, -0.05) is 42.5 Å². The Morgan fingerprint density at radius 2 is 2.04 bits per heavy atom. The fourth-order valence-corrected chi connectivity index (χ4v) is 3.34. The molecule has 1 fully saturated rings. The van der Waals surface area contributed by atoms with E-state index in [1.165, 1.54) is 0 Å². The average Bonchev–Trinajstić information content (AvgIpc) is 3.00. The van der Waals surface area contributed by atoms with Gasteiger partial charge in [0, 0.05) is 18.8 Å². The van der Waals surface area contributed by atoms with Gasteiger partial charge in [-0.2, -0.15) is 0 Å². The Morgan fingerprint density at radius 1 is 1.23 bits per heavy atom. The van der Waals surface area contributed by atoms with Crippen LogP contribution in [-0.2, 0) is 6.61 Å². The number of benzene rings is 2. The number of rotatable bonds is 4. The highest BCUT2D eigenvalue weighted by Crippen LogP contribution is 2.38. The first-order valence-electron chi connectivity index (χ1n) is 8.56. The average molecular weight is 348 g/mol. The van der Waals surface area contributed by atoms with Crippen molar-refractivity contribution in [2.24, 2.45) is 4.99 Å². The number of hydrogen-bond donors (Lipinski definition) is 0. The molecule has 0 saturated carbocycles. The number of hydrogen-bond acceptors (Lipinski definition) is 4. The lowest BCUT2D eigenvalue weighted by molar-refractivity contribution is 0.0777. The van der Waals surface area contributed by atoms with E-state index in [9.17, 15) is 4.79 Å². The van der Waals surface area contributed by atoms with E-state index in [0.29, 0.717) is 35.9 Å². The zero-order valence-corrected chi connectivity index (χ0v) is 14.6. The van der Waals surface area contributed by atoms with Crippen LogP contribution >= 0.6 is 0 Å². The lowest BCUT2D eigenvalue weighted by atomic mass is 10.1. The van der Waals surface area contributed by atoms with Gasteiger partial charge in [0.25, 0.3) is 5.91 Å². The molecule has 2 aliphatic rings. The first-order valence-corrected chi connectivity index (χ1v) is 8.56. The minimum absolute atomic E-state index is 0.0258. The van der Waals surface area contributed by atoms with E-state index in [1.807, 2.05) is 41.4 Å². The molecule has 4 rings (SSSR count). The van der Waals surface area contributed by atoms with Crippen LogP contribution in [0.5, 0.6) is 11.5 Å². The molecule has 26 heavy (non-hydrogen) atoms. The predicted octanol–water partition coefficient (Wildman–Crippen LogP) is 3.76. The van der Waals surface area contributed by atoms with E-state index in [4.69, 9.17) is 9.47 Å². The van der Waals surface area contributed by atoms with Gasteiger partial charge in [-0.3, -0.25) is 9.79 Å². The second kappa shape index (κ2) is 6.67. The summed E-state index contributed by atoms with van der Waals surface area (Å²) in [5, 5.41) is 0. The summed E-state index contributed by atoms with van der Waals surface area (Å²) in [5.74, 6) is 1.06. The molecular weight excluding hydrogens is 328 g/mol. The Morgan fingerprint density at radius 3 is 2.81 bits per heavy atom. The van der Waals surface area contributed by atoms with Crippen molar-refractivity contribution >= 4 is 17.8 Å². The van der Waals surface area contributed by atoms with E-state index in [2.05, 4.69) is 11.6 Å². The Bertz CT molecular complexity index is 890. The SMILES string of the molecule is C=C1C[C@H]2C=Nc3cc(OCc4ccccc4)c(OC)cc3C(=O)N2C1. The highest BCUT2D eigenvalue weighted by molar-refractivity contribution is 6.03. The summed E-state index contributed by atoms with van der Waals surface area (Å²) < 4.78 is 11.4. The standard InChI is InChI=1S/C21H20N2O3/c1-14-8-16-11-22-18-10-20(26-13-15-6-4-3-5-7-15)19(25-2)9-17(18)21(24)23(16)12-14/h3-7,9-11,16H,1,8,12-13H2,2H3/t16-/m0/s1. The third kappa shape index (κ3) is 2.96. The lowest BCUT2D eigenvalue weighted by Crippen LogP contribution is -2.35. The maximum Gasteiger partial charge on any atom is 0.257 e. The number of aliphatic imine (C=N–C) groups is 1. The first kappa shape index (κ1) is 16.4. The number of ether oxygens (including phenoxy) is 2. The minimum atomic E-state index is -0.0472. The van der Waals surface area contributed by atoms with Gasteiger partial charge in [0.2, 0.25) is 0 Å². The van der Waals surface area contributed by atoms with E-state index >= 15 is 0 Å². The molecule has 2 aromatic rings. The van der Waals surface area contributed by atoms with Gasteiger partial charge in [-0.05, 0) is 18.1 Å². The molecule has 2 aromatic carbocycles. The van der Waals surface area contributed by atoms with Crippen LogP contribution in [0.3, 0.4) is 0 Å². The van der Waals surface area contributed by atoms with Crippen LogP contribution in [0.15, 0.2) is 59.6 Å². The fraction of sp³-hybridized carbons (Fsp3) is 0.238. The molecule has 0 radical (unpaired) electrons. The number of methoxy groups -OCH3 is 1. The highest BCUT2D eigenvalue weighted by atomic mass is 16.5. The molecule has 5 nitrogen and oxygen atoms in total. The van der Waals surface area contributed by atoms with Crippen LogP contribution in [0.2, 0.25) is 0 Å². The molecule has 0 aliphatic carbocycles. The van der Waals surface area contributed by atoms with Crippen molar-refractivity contribution in [3.63, 3.8) is 0 Å². The molecule has 1 saturated heterocycles. The molecule has 0 unspecified atom stereocenters. The number of nitrogens with zero attached hydrogens (tertiary/aromatic N) is 2. The minimum Gasteiger partial charge on any atom is -0.493 e. The van der Waals surface area contributed by atoms with E-state index in [0.717, 1.165) is 17.6 Å². The molecule has 0 spiro atoms. The maximum absolute atomic E-state index is 12.9. The Balaban J connectivity index is 1.66. The van der Waals surface area contributed by atoms with Gasteiger partial charge in [0.15, 0.2) is 11.5 Å². The first-order chi connectivity index (χ1) is 12.7. The molecular formula is C21H20N2O3. The number of amides is 1. The fourth-order valence-electron chi connectivity index (χ4n) is 3.34. The molecule has 0 bridgehead atoms. The second-order valence-corrected chi connectivity index (χ2v) is 6.53. The lowest BCUT2D eigenvalue weighted by Gasteiger charge is -2.20. The smallest absolute Gasteiger partial charge is 0.257 e. The molecule has 1 amide bonds. The van der Waals surface area contributed by atoms with Crippen molar-refractivity contribution in [2.45, 2.75) is 19.1 Å². The molecule has 132 valence electrons. The molecule has 1 atom stereocenters. The number of carbonyl (C=O) groups is 1. The number of fused-ring (bicyclic) bond motifs is 2. The molecule has 5 heteroatoms. The van der Waals surface area contributed by atoms with Crippen LogP contribution < -0.4 is 9.47 Å². The summed E-state index contributed by atoms with van der Waals surface area (Å²) >= 11 is 0. The van der Waals surface area contributed by atoms with Crippen molar-refractivity contribution in [1.82, 2.24) is 4.90 Å². The highest BCUT2D eigenvalue weighted by Gasteiger charge is 2.34.